The van der Waals surface area contributed by atoms with Gasteiger partial charge < -0.3 is 10.6 Å². The fourth-order valence-electron chi connectivity index (χ4n) is 2.86. The van der Waals surface area contributed by atoms with Gasteiger partial charge in [-0.2, -0.15) is 4.31 Å². The van der Waals surface area contributed by atoms with E-state index in [1.807, 2.05) is 0 Å². The molecule has 2 aromatic carbocycles. The predicted molar refractivity (Wildman–Crippen MR) is 107 cm³/mol. The summed E-state index contributed by atoms with van der Waals surface area (Å²) in [5.41, 5.74) is 0.0354. The molecule has 7 nitrogen and oxygen atoms in total. The van der Waals surface area contributed by atoms with Crippen LogP contribution in [0.1, 0.15) is 35.8 Å². The van der Waals surface area contributed by atoms with Crippen molar-refractivity contribution in [2.75, 3.05) is 20.1 Å². The van der Waals surface area contributed by atoms with E-state index in [0.717, 1.165) is 12.1 Å². The molecule has 1 atom stereocenters. The molecule has 2 rings (SSSR count). The van der Waals surface area contributed by atoms with Crippen molar-refractivity contribution >= 4 is 21.8 Å². The maximum Gasteiger partial charge on any atom is 0.252 e. The van der Waals surface area contributed by atoms with Gasteiger partial charge in [-0.25, -0.2) is 17.2 Å². The topological polar surface area (TPSA) is 95.6 Å². The van der Waals surface area contributed by atoms with E-state index in [2.05, 4.69) is 10.6 Å². The molecule has 0 spiro atoms. The second-order valence-corrected chi connectivity index (χ2v) is 8.25. The van der Waals surface area contributed by atoms with Crippen LogP contribution in [-0.2, 0) is 14.8 Å². The van der Waals surface area contributed by atoms with Gasteiger partial charge in [0.25, 0.3) is 5.91 Å². The lowest BCUT2D eigenvalue weighted by atomic mass is 10.0. The van der Waals surface area contributed by atoms with Crippen LogP contribution in [0.2, 0.25) is 0 Å². The molecule has 0 heterocycles. The van der Waals surface area contributed by atoms with Crippen LogP contribution in [0.25, 0.3) is 0 Å². The van der Waals surface area contributed by atoms with Gasteiger partial charge in [0, 0.05) is 25.7 Å². The highest BCUT2D eigenvalue weighted by Gasteiger charge is 2.26. The summed E-state index contributed by atoms with van der Waals surface area (Å²) in [5, 5.41) is 4.78. The molecule has 30 heavy (non-hydrogen) atoms. The van der Waals surface area contributed by atoms with Gasteiger partial charge in [-0.15, -0.1) is 0 Å². The van der Waals surface area contributed by atoms with Crippen LogP contribution in [0.3, 0.4) is 0 Å². The molecule has 0 saturated heterocycles. The molecule has 2 amide bonds. The van der Waals surface area contributed by atoms with Crippen LogP contribution in [-0.4, -0.2) is 44.7 Å². The zero-order valence-electron chi connectivity index (χ0n) is 16.8. The fourth-order valence-corrected chi connectivity index (χ4v) is 4.37. The van der Waals surface area contributed by atoms with Gasteiger partial charge in [-0.1, -0.05) is 26.0 Å². The number of rotatable bonds is 8. The van der Waals surface area contributed by atoms with E-state index in [1.54, 1.807) is 13.8 Å². The van der Waals surface area contributed by atoms with E-state index in [0.29, 0.717) is 0 Å². The van der Waals surface area contributed by atoms with Crippen molar-refractivity contribution in [2.45, 2.75) is 24.8 Å². The van der Waals surface area contributed by atoms with Gasteiger partial charge in [-0.05, 0) is 35.9 Å². The van der Waals surface area contributed by atoms with Gasteiger partial charge >= 0.3 is 0 Å². The average Bonchev–Trinajstić information content (AvgIpc) is 2.74. The molecular formula is C20H23F2N3O4S. The molecule has 1 unspecified atom stereocenters. The summed E-state index contributed by atoms with van der Waals surface area (Å²) < 4.78 is 53.5. The van der Waals surface area contributed by atoms with Crippen LogP contribution in [0.4, 0.5) is 8.78 Å². The fraction of sp³-hybridized carbons (Fsp3) is 0.300. The summed E-state index contributed by atoms with van der Waals surface area (Å²) in [5.74, 6) is -3.65. The summed E-state index contributed by atoms with van der Waals surface area (Å²) in [7, 11) is -2.45. The summed E-state index contributed by atoms with van der Waals surface area (Å²) in [4.78, 5) is 24.9. The molecule has 162 valence electrons. The number of sulfonamides is 1. The minimum atomic E-state index is -3.79. The zero-order valence-corrected chi connectivity index (χ0v) is 17.6. The van der Waals surface area contributed by atoms with Crippen LogP contribution in [0.5, 0.6) is 0 Å². The van der Waals surface area contributed by atoms with E-state index < -0.39 is 39.5 Å². The minimum absolute atomic E-state index is 0.000261. The SMILES string of the molecule is CCN(CC)S(=O)(=O)c1cccc(C(=O)NC(C(=O)NC)c2ccc(F)c(F)c2)c1. The Morgan fingerprint density at radius 1 is 1.03 bits per heavy atom. The normalized spacial score (nSPS) is 12.5. The molecular weight excluding hydrogens is 416 g/mol. The largest absolute Gasteiger partial charge is 0.357 e. The Bertz CT molecular complexity index is 1040. The first-order chi connectivity index (χ1) is 14.1. The van der Waals surface area contributed by atoms with Crippen molar-refractivity contribution in [3.05, 3.63) is 65.2 Å². The summed E-state index contributed by atoms with van der Waals surface area (Å²) in [6.45, 7) is 3.94. The summed E-state index contributed by atoms with van der Waals surface area (Å²) in [6.07, 6.45) is 0. The number of benzene rings is 2. The molecule has 10 heteroatoms. The van der Waals surface area contributed by atoms with Gasteiger partial charge in [0.15, 0.2) is 11.6 Å². The molecule has 0 radical (unpaired) electrons. The number of carbonyl (C=O) groups is 2. The first-order valence-electron chi connectivity index (χ1n) is 9.23. The lowest BCUT2D eigenvalue weighted by Gasteiger charge is -2.20. The van der Waals surface area contributed by atoms with Gasteiger partial charge in [0.2, 0.25) is 15.9 Å². The lowest BCUT2D eigenvalue weighted by Crippen LogP contribution is -2.39. The second-order valence-electron chi connectivity index (χ2n) is 6.31. The van der Waals surface area contributed by atoms with Crippen molar-refractivity contribution in [1.82, 2.24) is 14.9 Å². The molecule has 2 aromatic rings. The van der Waals surface area contributed by atoms with E-state index in [4.69, 9.17) is 0 Å². The van der Waals surface area contributed by atoms with Crippen molar-refractivity contribution in [2.24, 2.45) is 0 Å². The number of carbonyl (C=O) groups excluding carboxylic acids is 2. The quantitative estimate of drug-likeness (QED) is 0.659. The monoisotopic (exact) mass is 439 g/mol. The number of hydrogen-bond donors (Lipinski definition) is 2. The van der Waals surface area contributed by atoms with E-state index >= 15 is 0 Å². The summed E-state index contributed by atoms with van der Waals surface area (Å²) in [6, 6.07) is 6.92. The smallest absolute Gasteiger partial charge is 0.252 e. The van der Waals surface area contributed by atoms with Crippen molar-refractivity contribution in [3.63, 3.8) is 0 Å². The average molecular weight is 439 g/mol. The molecule has 0 saturated carbocycles. The molecule has 2 N–H and O–H groups in total. The number of hydrogen-bond acceptors (Lipinski definition) is 4. The van der Waals surface area contributed by atoms with Gasteiger partial charge in [0.1, 0.15) is 6.04 Å². The van der Waals surface area contributed by atoms with Gasteiger partial charge in [-0.3, -0.25) is 9.59 Å². The second kappa shape index (κ2) is 9.77. The zero-order chi connectivity index (χ0) is 22.5. The van der Waals surface area contributed by atoms with E-state index in [-0.39, 0.29) is 29.1 Å². The Hall–Kier alpha value is -2.85. The first kappa shape index (κ1) is 23.4. The third-order valence-electron chi connectivity index (χ3n) is 4.50. The third-order valence-corrected chi connectivity index (χ3v) is 6.55. The highest BCUT2D eigenvalue weighted by molar-refractivity contribution is 7.89. The number of amides is 2. The first-order valence-corrected chi connectivity index (χ1v) is 10.7. The Morgan fingerprint density at radius 3 is 2.27 bits per heavy atom. The number of likely N-dealkylation sites (N-methyl/N-ethyl adjacent to an activating group) is 1. The van der Waals surface area contributed by atoms with Crippen molar-refractivity contribution in [3.8, 4) is 0 Å². The van der Waals surface area contributed by atoms with Crippen molar-refractivity contribution in [1.29, 1.82) is 0 Å². The molecule has 0 aliphatic heterocycles. The predicted octanol–water partition coefficient (Wildman–Crippen LogP) is 2.21. The highest BCUT2D eigenvalue weighted by atomic mass is 32.2. The van der Waals surface area contributed by atoms with Crippen LogP contribution in [0, 0.1) is 11.6 Å². The Balaban J connectivity index is 2.37. The molecule has 0 bridgehead atoms. The van der Waals surface area contributed by atoms with Crippen molar-refractivity contribution < 1.29 is 26.8 Å². The molecule has 0 aliphatic rings. The third kappa shape index (κ3) is 5.00. The maximum atomic E-state index is 13.6. The van der Waals surface area contributed by atoms with E-state index in [1.165, 1.54) is 41.7 Å². The Morgan fingerprint density at radius 2 is 1.70 bits per heavy atom. The molecule has 0 fully saturated rings. The lowest BCUT2D eigenvalue weighted by molar-refractivity contribution is -0.122. The summed E-state index contributed by atoms with van der Waals surface area (Å²) >= 11 is 0. The maximum absolute atomic E-state index is 13.6. The molecule has 0 aromatic heterocycles. The standard InChI is InChI=1S/C20H23F2N3O4S/c1-4-25(5-2)30(28,29)15-8-6-7-14(11-15)19(26)24-18(20(27)23-3)13-9-10-16(21)17(22)12-13/h6-12,18H,4-5H2,1-3H3,(H,23,27)(H,24,26). The van der Waals surface area contributed by atoms with E-state index in [9.17, 15) is 26.8 Å². The number of nitrogens with zero attached hydrogens (tertiary/aromatic N) is 1. The van der Waals surface area contributed by atoms with Gasteiger partial charge in [0.05, 0.1) is 4.90 Å². The van der Waals surface area contributed by atoms with Crippen LogP contribution >= 0.6 is 0 Å². The highest BCUT2D eigenvalue weighted by Crippen LogP contribution is 2.20. The molecule has 0 aliphatic carbocycles. The Labute approximate surface area is 174 Å². The van der Waals surface area contributed by atoms with Crippen LogP contribution in [0.15, 0.2) is 47.4 Å². The Kier molecular flexibility index (Phi) is 7.63. The minimum Gasteiger partial charge on any atom is -0.357 e. The number of halogens is 2. The van der Waals surface area contributed by atoms with Crippen LogP contribution < -0.4 is 10.6 Å². The number of nitrogens with one attached hydrogen (secondary N) is 2.